The van der Waals surface area contributed by atoms with E-state index in [1.165, 1.54) is 12.8 Å². The van der Waals surface area contributed by atoms with Crippen LogP contribution in [-0.4, -0.2) is 25.5 Å². The van der Waals surface area contributed by atoms with Gasteiger partial charge in [-0.15, -0.1) is 0 Å². The van der Waals surface area contributed by atoms with E-state index in [1.807, 2.05) is 0 Å². The van der Waals surface area contributed by atoms with Crippen molar-refractivity contribution in [2.75, 3.05) is 19.6 Å². The Morgan fingerprint density at radius 1 is 1.56 bits per heavy atom. The molecule has 1 saturated heterocycles. The number of hydrogen-bond acceptors (Lipinski definition) is 2. The van der Waals surface area contributed by atoms with E-state index >= 15 is 0 Å². The highest BCUT2D eigenvalue weighted by Gasteiger charge is 2.15. The number of amides is 1. The average molecular weight is 332 g/mol. The van der Waals surface area contributed by atoms with Gasteiger partial charge in [-0.2, -0.15) is 0 Å². The molecule has 18 heavy (non-hydrogen) atoms. The number of hydrogen-bond donors (Lipinski definition) is 2. The zero-order chi connectivity index (χ0) is 13.0. The Hall–Kier alpha value is -0.580. The van der Waals surface area contributed by atoms with Gasteiger partial charge >= 0.3 is 0 Å². The summed E-state index contributed by atoms with van der Waals surface area (Å²) in [6.07, 6.45) is 2.35. The summed E-state index contributed by atoms with van der Waals surface area (Å²) in [4.78, 5) is 12.0. The molecule has 1 aliphatic rings. The van der Waals surface area contributed by atoms with Crippen LogP contribution in [0, 0.1) is 5.92 Å². The summed E-state index contributed by atoms with van der Waals surface area (Å²) >= 11 is 9.26. The number of carbonyl (C=O) groups is 1. The first kappa shape index (κ1) is 13.8. The van der Waals surface area contributed by atoms with E-state index in [-0.39, 0.29) is 5.91 Å². The quantitative estimate of drug-likeness (QED) is 0.894. The molecular formula is C13H16BrClN2O. The van der Waals surface area contributed by atoms with Crippen LogP contribution in [0.4, 0.5) is 0 Å². The number of halogens is 2. The van der Waals surface area contributed by atoms with E-state index in [4.69, 9.17) is 11.6 Å². The maximum atomic E-state index is 12.0. The first-order valence-electron chi connectivity index (χ1n) is 6.11. The second-order valence-electron chi connectivity index (χ2n) is 4.55. The lowest BCUT2D eigenvalue weighted by molar-refractivity contribution is 0.0944. The van der Waals surface area contributed by atoms with Gasteiger partial charge in [0.1, 0.15) is 0 Å². The summed E-state index contributed by atoms with van der Waals surface area (Å²) in [5.41, 5.74) is 0.589. The van der Waals surface area contributed by atoms with Crippen LogP contribution in [-0.2, 0) is 0 Å². The van der Waals surface area contributed by atoms with Gasteiger partial charge in [0.05, 0.1) is 5.56 Å². The lowest BCUT2D eigenvalue weighted by Crippen LogP contribution is -2.38. The van der Waals surface area contributed by atoms with Gasteiger partial charge < -0.3 is 10.6 Å². The molecule has 0 radical (unpaired) electrons. The van der Waals surface area contributed by atoms with E-state index in [9.17, 15) is 4.79 Å². The Kier molecular flexibility index (Phi) is 5.03. The smallest absolute Gasteiger partial charge is 0.252 e. The molecule has 1 heterocycles. The molecule has 0 aromatic heterocycles. The predicted molar refractivity (Wildman–Crippen MR) is 77.1 cm³/mol. The van der Waals surface area contributed by atoms with Crippen molar-refractivity contribution in [3.05, 3.63) is 33.3 Å². The minimum atomic E-state index is -0.0741. The topological polar surface area (TPSA) is 41.1 Å². The van der Waals surface area contributed by atoms with Crippen molar-refractivity contribution in [3.8, 4) is 0 Å². The summed E-state index contributed by atoms with van der Waals surface area (Å²) in [6.45, 7) is 2.78. The molecule has 3 nitrogen and oxygen atoms in total. The lowest BCUT2D eigenvalue weighted by Gasteiger charge is -2.23. The van der Waals surface area contributed by atoms with E-state index in [2.05, 4.69) is 26.6 Å². The average Bonchev–Trinajstić information content (AvgIpc) is 2.40. The summed E-state index contributed by atoms with van der Waals surface area (Å²) in [5.74, 6) is 0.454. The molecule has 1 aromatic rings. The SMILES string of the molecule is O=C(NCC1CCCNC1)c1cc(Cl)ccc1Br. The van der Waals surface area contributed by atoms with Crippen molar-refractivity contribution in [3.63, 3.8) is 0 Å². The van der Waals surface area contributed by atoms with Crippen molar-refractivity contribution in [1.29, 1.82) is 0 Å². The number of rotatable bonds is 3. The summed E-state index contributed by atoms with van der Waals surface area (Å²) in [5, 5.41) is 6.88. The van der Waals surface area contributed by atoms with E-state index in [1.54, 1.807) is 18.2 Å². The fraction of sp³-hybridized carbons (Fsp3) is 0.462. The maximum Gasteiger partial charge on any atom is 0.252 e. The van der Waals surface area contributed by atoms with Gasteiger partial charge in [0.25, 0.3) is 5.91 Å². The number of nitrogens with one attached hydrogen (secondary N) is 2. The molecule has 1 aromatic carbocycles. The first-order chi connectivity index (χ1) is 8.66. The number of benzene rings is 1. The normalized spacial score (nSPS) is 19.6. The highest BCUT2D eigenvalue weighted by atomic mass is 79.9. The van der Waals surface area contributed by atoms with Crippen LogP contribution in [0.3, 0.4) is 0 Å². The monoisotopic (exact) mass is 330 g/mol. The molecule has 0 spiro atoms. The molecule has 1 atom stereocenters. The van der Waals surface area contributed by atoms with Gasteiger partial charge in [0.15, 0.2) is 0 Å². The number of piperidine rings is 1. The van der Waals surface area contributed by atoms with Gasteiger partial charge in [0.2, 0.25) is 0 Å². The Bertz CT molecular complexity index is 433. The van der Waals surface area contributed by atoms with Crippen LogP contribution >= 0.6 is 27.5 Å². The summed E-state index contributed by atoms with van der Waals surface area (Å²) < 4.78 is 0.770. The third-order valence-electron chi connectivity index (χ3n) is 3.12. The van der Waals surface area contributed by atoms with Crippen molar-refractivity contribution in [2.45, 2.75) is 12.8 Å². The second kappa shape index (κ2) is 6.55. The lowest BCUT2D eigenvalue weighted by atomic mass is 10.00. The van der Waals surface area contributed by atoms with Gasteiger partial charge in [0, 0.05) is 16.0 Å². The molecule has 0 aliphatic carbocycles. The Balaban J connectivity index is 1.92. The van der Waals surface area contributed by atoms with Crippen molar-refractivity contribution in [1.82, 2.24) is 10.6 Å². The minimum absolute atomic E-state index is 0.0741. The number of carbonyl (C=O) groups excluding carboxylic acids is 1. The molecule has 0 bridgehead atoms. The molecule has 2 rings (SSSR count). The van der Waals surface area contributed by atoms with Gasteiger partial charge in [-0.3, -0.25) is 4.79 Å². The maximum absolute atomic E-state index is 12.0. The molecular weight excluding hydrogens is 316 g/mol. The zero-order valence-corrected chi connectivity index (χ0v) is 12.4. The van der Waals surface area contributed by atoms with E-state index in [0.717, 1.165) is 17.6 Å². The molecule has 2 N–H and O–H groups in total. The second-order valence-corrected chi connectivity index (χ2v) is 5.84. The van der Waals surface area contributed by atoms with Crippen LogP contribution in [0.5, 0.6) is 0 Å². The van der Waals surface area contributed by atoms with Crippen molar-refractivity contribution < 1.29 is 4.79 Å². The molecule has 0 saturated carbocycles. The van der Waals surface area contributed by atoms with Crippen molar-refractivity contribution in [2.24, 2.45) is 5.92 Å². The molecule has 1 unspecified atom stereocenters. The predicted octanol–water partition coefficient (Wildman–Crippen LogP) is 2.83. The Morgan fingerprint density at radius 3 is 3.11 bits per heavy atom. The highest BCUT2D eigenvalue weighted by molar-refractivity contribution is 9.10. The van der Waals surface area contributed by atoms with Gasteiger partial charge in [-0.05, 0) is 66.0 Å². The van der Waals surface area contributed by atoms with Gasteiger partial charge in [-0.1, -0.05) is 11.6 Å². The molecule has 98 valence electrons. The fourth-order valence-electron chi connectivity index (χ4n) is 2.10. The largest absolute Gasteiger partial charge is 0.352 e. The van der Waals surface area contributed by atoms with Crippen LogP contribution in [0.25, 0.3) is 0 Å². The van der Waals surface area contributed by atoms with Crippen LogP contribution < -0.4 is 10.6 Å². The van der Waals surface area contributed by atoms with Crippen LogP contribution in [0.1, 0.15) is 23.2 Å². The molecule has 1 aliphatic heterocycles. The third kappa shape index (κ3) is 3.70. The first-order valence-corrected chi connectivity index (χ1v) is 7.28. The zero-order valence-electron chi connectivity index (χ0n) is 10.0. The van der Waals surface area contributed by atoms with Crippen molar-refractivity contribution >= 4 is 33.4 Å². The molecule has 1 amide bonds. The molecule has 1 fully saturated rings. The highest BCUT2D eigenvalue weighted by Crippen LogP contribution is 2.21. The van der Waals surface area contributed by atoms with E-state index < -0.39 is 0 Å². The fourth-order valence-corrected chi connectivity index (χ4v) is 2.70. The van der Waals surface area contributed by atoms with Crippen LogP contribution in [0.15, 0.2) is 22.7 Å². The Morgan fingerprint density at radius 2 is 2.39 bits per heavy atom. The van der Waals surface area contributed by atoms with E-state index in [0.29, 0.717) is 23.0 Å². The standard InChI is InChI=1S/C13H16BrClN2O/c14-12-4-3-10(15)6-11(12)13(18)17-8-9-2-1-5-16-7-9/h3-4,6,9,16H,1-2,5,7-8H2,(H,17,18). The van der Waals surface area contributed by atoms with Gasteiger partial charge in [-0.25, -0.2) is 0 Å². The Labute approximate surface area is 120 Å². The summed E-state index contributed by atoms with van der Waals surface area (Å²) in [6, 6.07) is 5.23. The minimum Gasteiger partial charge on any atom is -0.352 e. The summed E-state index contributed by atoms with van der Waals surface area (Å²) in [7, 11) is 0. The van der Waals surface area contributed by atoms with Crippen LogP contribution in [0.2, 0.25) is 5.02 Å². The molecule has 5 heteroatoms. The third-order valence-corrected chi connectivity index (χ3v) is 4.05.